The number of alkyl halides is 3. The quantitative estimate of drug-likeness (QED) is 0.710. The van der Waals surface area contributed by atoms with Crippen LogP contribution in [0.4, 0.5) is 13.2 Å². The van der Waals surface area contributed by atoms with E-state index < -0.39 is 12.4 Å². The summed E-state index contributed by atoms with van der Waals surface area (Å²) < 4.78 is 42.3. The number of hydrogen-bond acceptors (Lipinski definition) is 4. The van der Waals surface area contributed by atoms with Crippen LogP contribution in [0.5, 0.6) is 5.75 Å². The van der Waals surface area contributed by atoms with Crippen LogP contribution in [0.15, 0.2) is 24.3 Å². The number of aromatic nitrogens is 3. The number of aromatic amines is 1. The van der Waals surface area contributed by atoms with Gasteiger partial charge in [0.25, 0.3) is 0 Å². The Labute approximate surface area is 153 Å². The predicted molar refractivity (Wildman–Crippen MR) is 91.1 cm³/mol. The first kappa shape index (κ1) is 20.0. The molecular weight excluding hydrogens is 369 g/mol. The lowest BCUT2D eigenvalue weighted by atomic mass is 10.1. The molecule has 1 atom stereocenters. The van der Waals surface area contributed by atoms with Crippen LogP contribution in [0.25, 0.3) is 0 Å². The third kappa shape index (κ3) is 5.58. The Kier molecular flexibility index (Phi) is 6.41. The van der Waals surface area contributed by atoms with Gasteiger partial charge in [-0.15, -0.1) is 13.2 Å². The predicted octanol–water partition coefficient (Wildman–Crippen LogP) is 3.67. The lowest BCUT2D eigenvalue weighted by molar-refractivity contribution is -0.274. The molecule has 1 amide bonds. The Morgan fingerprint density at radius 3 is 2.62 bits per heavy atom. The van der Waals surface area contributed by atoms with Crippen molar-refractivity contribution < 1.29 is 22.7 Å². The van der Waals surface area contributed by atoms with Gasteiger partial charge < -0.3 is 10.1 Å². The van der Waals surface area contributed by atoms with Crippen molar-refractivity contribution in [3.8, 4) is 5.75 Å². The van der Waals surface area contributed by atoms with Crippen LogP contribution >= 0.6 is 12.2 Å². The number of benzene rings is 1. The second-order valence-corrected chi connectivity index (χ2v) is 6.07. The van der Waals surface area contributed by atoms with Crippen LogP contribution in [0.3, 0.4) is 0 Å². The largest absolute Gasteiger partial charge is 0.573 e. The molecule has 0 aliphatic heterocycles. The number of H-pyrrole nitrogens is 1. The summed E-state index contributed by atoms with van der Waals surface area (Å²) in [5, 5.41) is 9.55. The van der Waals surface area contributed by atoms with Gasteiger partial charge >= 0.3 is 6.36 Å². The fourth-order valence-electron chi connectivity index (χ4n) is 2.40. The molecule has 0 unspecified atom stereocenters. The fraction of sp³-hybridized carbons (Fsp3) is 0.438. The number of carbonyl (C=O) groups is 1. The third-order valence-corrected chi connectivity index (χ3v) is 3.92. The Morgan fingerprint density at radius 2 is 2.04 bits per heavy atom. The zero-order valence-corrected chi connectivity index (χ0v) is 15.1. The van der Waals surface area contributed by atoms with E-state index in [-0.39, 0.29) is 18.2 Å². The lowest BCUT2D eigenvalue weighted by Crippen LogP contribution is -2.30. The van der Waals surface area contributed by atoms with Crippen molar-refractivity contribution >= 4 is 18.1 Å². The summed E-state index contributed by atoms with van der Waals surface area (Å²) >= 11 is 5.13. The van der Waals surface area contributed by atoms with E-state index in [1.165, 1.54) is 24.3 Å². The van der Waals surface area contributed by atoms with Gasteiger partial charge in [-0.2, -0.15) is 5.10 Å². The normalized spacial score (nSPS) is 12.7. The van der Waals surface area contributed by atoms with Crippen LogP contribution < -0.4 is 10.1 Å². The molecule has 0 aliphatic rings. The Balaban J connectivity index is 1.99. The van der Waals surface area contributed by atoms with Crippen LogP contribution in [0, 0.1) is 4.77 Å². The standard InChI is InChI=1S/C16H19F3N4O2S/c1-3-4-13-21-22-15(26)23(13)9-14(24)20-10(2)11-5-7-12(8-6-11)25-16(17,18)19/h5-8,10H,3-4,9H2,1-2H3,(H,20,24)(H,22,26)/t10-/m1/s1. The van der Waals surface area contributed by atoms with Crippen molar-refractivity contribution in [1.29, 1.82) is 0 Å². The highest BCUT2D eigenvalue weighted by molar-refractivity contribution is 7.71. The van der Waals surface area contributed by atoms with Crippen molar-refractivity contribution in [3.63, 3.8) is 0 Å². The molecule has 1 aromatic carbocycles. The molecule has 142 valence electrons. The molecule has 2 rings (SSSR count). The van der Waals surface area contributed by atoms with Crippen molar-refractivity contribution in [2.45, 2.75) is 45.6 Å². The summed E-state index contributed by atoms with van der Waals surface area (Å²) in [5.41, 5.74) is 0.650. The first-order valence-electron chi connectivity index (χ1n) is 7.98. The summed E-state index contributed by atoms with van der Waals surface area (Å²) in [5.74, 6) is 0.116. The second kappa shape index (κ2) is 8.35. The third-order valence-electron chi connectivity index (χ3n) is 3.60. The molecule has 2 N–H and O–H groups in total. The van der Waals surface area contributed by atoms with Crippen molar-refractivity contribution in [1.82, 2.24) is 20.1 Å². The highest BCUT2D eigenvalue weighted by Gasteiger charge is 2.31. The number of ether oxygens (including phenoxy) is 1. The monoisotopic (exact) mass is 388 g/mol. The van der Waals surface area contributed by atoms with Crippen molar-refractivity contribution in [2.75, 3.05) is 0 Å². The van der Waals surface area contributed by atoms with Gasteiger partial charge in [0.15, 0.2) is 4.77 Å². The summed E-state index contributed by atoms with van der Waals surface area (Å²) in [6.45, 7) is 3.75. The number of nitrogens with zero attached hydrogens (tertiary/aromatic N) is 2. The van der Waals surface area contributed by atoms with Crippen LogP contribution in [0.2, 0.25) is 0 Å². The number of rotatable bonds is 7. The molecule has 0 radical (unpaired) electrons. The summed E-state index contributed by atoms with van der Waals surface area (Å²) in [6.07, 6.45) is -3.18. The van der Waals surface area contributed by atoms with Crippen LogP contribution in [-0.4, -0.2) is 27.0 Å². The number of halogens is 3. The molecular formula is C16H19F3N4O2S. The SMILES string of the molecule is CCCc1n[nH]c(=S)n1CC(=O)N[C@H](C)c1ccc(OC(F)(F)F)cc1. The first-order chi connectivity index (χ1) is 12.2. The van der Waals surface area contributed by atoms with E-state index in [0.29, 0.717) is 22.6 Å². The Hall–Kier alpha value is -2.36. The van der Waals surface area contributed by atoms with Crippen molar-refractivity contribution in [3.05, 3.63) is 40.4 Å². The minimum absolute atomic E-state index is 0.0181. The van der Waals surface area contributed by atoms with Gasteiger partial charge in [0.05, 0.1) is 6.04 Å². The number of hydrogen-bond donors (Lipinski definition) is 2. The number of nitrogens with one attached hydrogen (secondary N) is 2. The molecule has 0 spiro atoms. The molecule has 0 saturated heterocycles. The van der Waals surface area contributed by atoms with Gasteiger partial charge in [-0.05, 0) is 43.3 Å². The van der Waals surface area contributed by atoms with E-state index in [2.05, 4.69) is 20.3 Å². The van der Waals surface area contributed by atoms with Crippen molar-refractivity contribution in [2.24, 2.45) is 0 Å². The summed E-state index contributed by atoms with van der Waals surface area (Å²) in [7, 11) is 0. The van der Waals surface area contributed by atoms with Gasteiger partial charge in [-0.25, -0.2) is 0 Å². The van der Waals surface area contributed by atoms with Gasteiger partial charge in [0.2, 0.25) is 5.91 Å². The second-order valence-electron chi connectivity index (χ2n) is 5.69. The summed E-state index contributed by atoms with van der Waals surface area (Å²) in [4.78, 5) is 12.3. The minimum atomic E-state index is -4.73. The maximum atomic E-state index is 12.3. The molecule has 0 saturated carbocycles. The van der Waals surface area contributed by atoms with Crippen LogP contribution in [0.1, 0.15) is 37.7 Å². The Bertz CT molecular complexity index is 799. The van der Waals surface area contributed by atoms with Crippen LogP contribution in [-0.2, 0) is 17.8 Å². The molecule has 10 heteroatoms. The molecule has 0 bridgehead atoms. The van der Waals surface area contributed by atoms with E-state index in [9.17, 15) is 18.0 Å². The first-order valence-corrected chi connectivity index (χ1v) is 8.39. The lowest BCUT2D eigenvalue weighted by Gasteiger charge is -2.16. The molecule has 2 aromatic rings. The van der Waals surface area contributed by atoms with Gasteiger partial charge in [-0.3, -0.25) is 14.5 Å². The molecule has 0 aliphatic carbocycles. The molecule has 1 heterocycles. The highest BCUT2D eigenvalue weighted by atomic mass is 32.1. The maximum absolute atomic E-state index is 12.3. The topological polar surface area (TPSA) is 71.9 Å². The smallest absolute Gasteiger partial charge is 0.406 e. The van der Waals surface area contributed by atoms with E-state index >= 15 is 0 Å². The van der Waals surface area contributed by atoms with E-state index in [0.717, 1.165) is 6.42 Å². The average Bonchev–Trinajstić information content (AvgIpc) is 2.87. The zero-order chi connectivity index (χ0) is 19.3. The average molecular weight is 388 g/mol. The molecule has 0 fully saturated rings. The molecule has 6 nitrogen and oxygen atoms in total. The Morgan fingerprint density at radius 1 is 1.38 bits per heavy atom. The van der Waals surface area contributed by atoms with Gasteiger partial charge in [0.1, 0.15) is 18.1 Å². The van der Waals surface area contributed by atoms with E-state index in [4.69, 9.17) is 12.2 Å². The maximum Gasteiger partial charge on any atom is 0.573 e. The van der Waals surface area contributed by atoms with E-state index in [1.807, 2.05) is 6.92 Å². The number of amides is 1. The van der Waals surface area contributed by atoms with Gasteiger partial charge in [0, 0.05) is 6.42 Å². The summed E-state index contributed by atoms with van der Waals surface area (Å²) in [6, 6.07) is 4.96. The van der Waals surface area contributed by atoms with E-state index in [1.54, 1.807) is 11.5 Å². The fourth-order valence-corrected chi connectivity index (χ4v) is 2.62. The molecule has 1 aromatic heterocycles. The number of aryl methyl sites for hydroxylation is 1. The molecule has 26 heavy (non-hydrogen) atoms. The zero-order valence-electron chi connectivity index (χ0n) is 14.3. The highest BCUT2D eigenvalue weighted by Crippen LogP contribution is 2.24. The minimum Gasteiger partial charge on any atom is -0.406 e. The van der Waals surface area contributed by atoms with Gasteiger partial charge in [-0.1, -0.05) is 19.1 Å². The number of carbonyl (C=O) groups excluding carboxylic acids is 1.